The molecule has 0 saturated heterocycles. The summed E-state index contributed by atoms with van der Waals surface area (Å²) in [5.74, 6) is -0.672. The van der Waals surface area contributed by atoms with E-state index in [-0.39, 0.29) is 11.3 Å². The van der Waals surface area contributed by atoms with Crippen LogP contribution in [0, 0.1) is 13.8 Å². The predicted molar refractivity (Wildman–Crippen MR) is 102 cm³/mol. The molecular formula is C20H24N2O4. The van der Waals surface area contributed by atoms with Crippen LogP contribution < -0.4 is 10.6 Å². The standard InChI is InChI=1S/C20H24N2O4/c1-12-6-7-14(10-13(12)2)21-18(24)16-9-8-15(11-17(16)23)22-19(25)26-20(3,4)5/h6-11,23H,1-5H3,(H,21,24)(H,22,25). The first-order valence-corrected chi connectivity index (χ1v) is 8.27. The number of phenols is 1. The minimum atomic E-state index is -0.635. The first kappa shape index (κ1) is 19.3. The highest BCUT2D eigenvalue weighted by Crippen LogP contribution is 2.24. The molecule has 0 atom stereocenters. The second-order valence-corrected chi connectivity index (χ2v) is 7.11. The molecule has 0 aromatic heterocycles. The van der Waals surface area contributed by atoms with Crippen LogP contribution in [0.3, 0.4) is 0 Å². The molecule has 0 aliphatic heterocycles. The maximum Gasteiger partial charge on any atom is 0.412 e. The first-order chi connectivity index (χ1) is 12.0. The molecule has 0 bridgehead atoms. The molecule has 6 heteroatoms. The molecule has 0 aliphatic rings. The van der Waals surface area contributed by atoms with E-state index < -0.39 is 17.6 Å². The second-order valence-electron chi connectivity index (χ2n) is 7.11. The maximum atomic E-state index is 12.4. The first-order valence-electron chi connectivity index (χ1n) is 8.27. The summed E-state index contributed by atoms with van der Waals surface area (Å²) < 4.78 is 5.15. The monoisotopic (exact) mass is 356 g/mol. The third kappa shape index (κ3) is 5.24. The fourth-order valence-electron chi connectivity index (χ4n) is 2.24. The molecule has 0 saturated carbocycles. The number of hydrogen-bond acceptors (Lipinski definition) is 4. The van der Waals surface area contributed by atoms with E-state index in [0.717, 1.165) is 11.1 Å². The number of anilines is 2. The largest absolute Gasteiger partial charge is 0.507 e. The summed E-state index contributed by atoms with van der Waals surface area (Å²) in [5, 5.41) is 15.4. The fraction of sp³-hybridized carbons (Fsp3) is 0.300. The molecule has 2 rings (SSSR count). The second kappa shape index (κ2) is 7.47. The number of carbonyl (C=O) groups is 2. The summed E-state index contributed by atoms with van der Waals surface area (Å²) in [6.45, 7) is 9.21. The van der Waals surface area contributed by atoms with E-state index in [1.807, 2.05) is 26.0 Å². The van der Waals surface area contributed by atoms with Crippen LogP contribution in [0.25, 0.3) is 0 Å². The molecule has 0 radical (unpaired) electrons. The van der Waals surface area contributed by atoms with E-state index in [1.54, 1.807) is 26.8 Å². The molecule has 3 N–H and O–H groups in total. The van der Waals surface area contributed by atoms with Crippen LogP contribution >= 0.6 is 0 Å². The molecule has 0 heterocycles. The van der Waals surface area contributed by atoms with E-state index in [0.29, 0.717) is 11.4 Å². The van der Waals surface area contributed by atoms with Gasteiger partial charge < -0.3 is 15.2 Å². The topological polar surface area (TPSA) is 87.7 Å². The highest BCUT2D eigenvalue weighted by molar-refractivity contribution is 6.06. The average molecular weight is 356 g/mol. The summed E-state index contributed by atoms with van der Waals surface area (Å²) >= 11 is 0. The Morgan fingerprint density at radius 1 is 0.923 bits per heavy atom. The van der Waals surface area contributed by atoms with Crippen LogP contribution in [0.4, 0.5) is 16.2 Å². The van der Waals surface area contributed by atoms with Crippen molar-refractivity contribution in [3.63, 3.8) is 0 Å². The van der Waals surface area contributed by atoms with Gasteiger partial charge in [0.15, 0.2) is 0 Å². The molecule has 2 amide bonds. The van der Waals surface area contributed by atoms with E-state index in [4.69, 9.17) is 4.74 Å². The minimum Gasteiger partial charge on any atom is -0.507 e. The number of aromatic hydroxyl groups is 1. The molecule has 26 heavy (non-hydrogen) atoms. The van der Waals surface area contributed by atoms with Gasteiger partial charge in [0.05, 0.1) is 5.56 Å². The zero-order chi connectivity index (χ0) is 19.5. The number of aryl methyl sites for hydroxylation is 2. The van der Waals surface area contributed by atoms with Crippen LogP contribution in [0.5, 0.6) is 5.75 Å². The lowest BCUT2D eigenvalue weighted by atomic mass is 10.1. The number of ether oxygens (including phenoxy) is 1. The summed E-state index contributed by atoms with van der Waals surface area (Å²) in [6.07, 6.45) is -0.635. The lowest BCUT2D eigenvalue weighted by Gasteiger charge is -2.19. The Morgan fingerprint density at radius 3 is 2.12 bits per heavy atom. The van der Waals surface area contributed by atoms with Crippen molar-refractivity contribution in [2.24, 2.45) is 0 Å². The van der Waals surface area contributed by atoms with Crippen molar-refractivity contribution in [2.45, 2.75) is 40.2 Å². The van der Waals surface area contributed by atoms with Crippen molar-refractivity contribution in [3.05, 3.63) is 53.1 Å². The third-order valence-electron chi connectivity index (χ3n) is 3.65. The van der Waals surface area contributed by atoms with Gasteiger partial charge in [-0.25, -0.2) is 4.79 Å². The highest BCUT2D eigenvalue weighted by Gasteiger charge is 2.17. The maximum absolute atomic E-state index is 12.4. The van der Waals surface area contributed by atoms with Gasteiger partial charge in [0.25, 0.3) is 5.91 Å². The Kier molecular flexibility index (Phi) is 5.55. The highest BCUT2D eigenvalue weighted by atomic mass is 16.6. The summed E-state index contributed by atoms with van der Waals surface area (Å²) in [7, 11) is 0. The Hall–Kier alpha value is -3.02. The molecule has 2 aromatic rings. The molecule has 6 nitrogen and oxygen atoms in total. The Labute approximate surface area is 153 Å². The normalized spacial score (nSPS) is 11.0. The number of carbonyl (C=O) groups excluding carboxylic acids is 2. The van der Waals surface area contributed by atoms with Crippen LogP contribution in [0.15, 0.2) is 36.4 Å². The van der Waals surface area contributed by atoms with E-state index >= 15 is 0 Å². The Morgan fingerprint density at radius 2 is 1.54 bits per heavy atom. The van der Waals surface area contributed by atoms with Crippen molar-refractivity contribution in [1.82, 2.24) is 0 Å². The minimum absolute atomic E-state index is 0.109. The summed E-state index contributed by atoms with van der Waals surface area (Å²) in [5.41, 5.74) is 2.65. The van der Waals surface area contributed by atoms with E-state index in [1.165, 1.54) is 18.2 Å². The van der Waals surface area contributed by atoms with Gasteiger partial charge in [0.1, 0.15) is 11.4 Å². The van der Waals surface area contributed by atoms with Gasteiger partial charge in [0.2, 0.25) is 0 Å². The van der Waals surface area contributed by atoms with Crippen LogP contribution in [0.1, 0.15) is 42.3 Å². The van der Waals surface area contributed by atoms with Crippen LogP contribution in [0.2, 0.25) is 0 Å². The molecule has 0 spiro atoms. The third-order valence-corrected chi connectivity index (χ3v) is 3.65. The zero-order valence-corrected chi connectivity index (χ0v) is 15.6. The number of nitrogens with one attached hydrogen (secondary N) is 2. The fourth-order valence-corrected chi connectivity index (χ4v) is 2.24. The van der Waals surface area contributed by atoms with Gasteiger partial charge >= 0.3 is 6.09 Å². The predicted octanol–water partition coefficient (Wildman–Crippen LogP) is 4.61. The van der Waals surface area contributed by atoms with Crippen molar-refractivity contribution in [1.29, 1.82) is 0 Å². The van der Waals surface area contributed by atoms with Crippen molar-refractivity contribution in [3.8, 4) is 5.75 Å². The van der Waals surface area contributed by atoms with Gasteiger partial charge in [-0.2, -0.15) is 0 Å². The van der Waals surface area contributed by atoms with Crippen molar-refractivity contribution in [2.75, 3.05) is 10.6 Å². The van der Waals surface area contributed by atoms with Crippen molar-refractivity contribution < 1.29 is 19.4 Å². The number of hydrogen-bond donors (Lipinski definition) is 3. The molecule has 0 aliphatic carbocycles. The number of benzene rings is 2. The quantitative estimate of drug-likeness (QED) is 0.749. The average Bonchev–Trinajstić information content (AvgIpc) is 2.49. The Balaban J connectivity index is 2.09. The molecular weight excluding hydrogens is 332 g/mol. The summed E-state index contributed by atoms with van der Waals surface area (Å²) in [6, 6.07) is 9.85. The SMILES string of the molecule is Cc1ccc(NC(=O)c2ccc(NC(=O)OC(C)(C)C)cc2O)cc1C. The number of amides is 2. The van der Waals surface area contributed by atoms with E-state index in [9.17, 15) is 14.7 Å². The lowest BCUT2D eigenvalue weighted by molar-refractivity contribution is 0.0636. The van der Waals surface area contributed by atoms with Crippen molar-refractivity contribution >= 4 is 23.4 Å². The van der Waals surface area contributed by atoms with Gasteiger partial charge in [-0.15, -0.1) is 0 Å². The van der Waals surface area contributed by atoms with Crippen LogP contribution in [-0.2, 0) is 4.74 Å². The number of phenolic OH excluding ortho intramolecular Hbond substituents is 1. The number of rotatable bonds is 3. The molecule has 0 fully saturated rings. The zero-order valence-electron chi connectivity index (χ0n) is 15.6. The lowest BCUT2D eigenvalue weighted by Crippen LogP contribution is -2.27. The molecule has 0 unspecified atom stereocenters. The Bertz CT molecular complexity index is 838. The van der Waals surface area contributed by atoms with Gasteiger partial charge in [-0.3, -0.25) is 10.1 Å². The molecule has 2 aromatic carbocycles. The molecule has 138 valence electrons. The smallest absolute Gasteiger partial charge is 0.412 e. The summed E-state index contributed by atoms with van der Waals surface area (Å²) in [4.78, 5) is 24.1. The van der Waals surface area contributed by atoms with Crippen LogP contribution in [-0.4, -0.2) is 22.7 Å². The van der Waals surface area contributed by atoms with Gasteiger partial charge in [0, 0.05) is 17.4 Å². The van der Waals surface area contributed by atoms with Gasteiger partial charge in [-0.1, -0.05) is 6.07 Å². The van der Waals surface area contributed by atoms with E-state index in [2.05, 4.69) is 10.6 Å². The van der Waals surface area contributed by atoms with Gasteiger partial charge in [-0.05, 0) is 70.0 Å².